The summed E-state index contributed by atoms with van der Waals surface area (Å²) in [6.45, 7) is 4.88. The normalized spacial score (nSPS) is 18.0. The van der Waals surface area contributed by atoms with Crippen LogP contribution in [0.5, 0.6) is 0 Å². The predicted octanol–water partition coefficient (Wildman–Crippen LogP) is 4.06. The maximum Gasteiger partial charge on any atom is 0.270 e. The quantitative estimate of drug-likeness (QED) is 0.690. The van der Waals surface area contributed by atoms with Crippen LogP contribution in [0.4, 0.5) is 5.69 Å². The van der Waals surface area contributed by atoms with Gasteiger partial charge in [-0.25, -0.2) is 8.42 Å². The van der Waals surface area contributed by atoms with E-state index in [2.05, 4.69) is 6.58 Å². The Morgan fingerprint density at radius 3 is 2.45 bits per heavy atom. The lowest BCUT2D eigenvalue weighted by Gasteiger charge is -2.34. The molecule has 0 saturated carbocycles. The lowest BCUT2D eigenvalue weighted by Crippen LogP contribution is -2.42. The molecular weight excluding hydrogens is 408 g/mol. The van der Waals surface area contributed by atoms with E-state index >= 15 is 0 Å². The molecule has 0 aromatic heterocycles. The van der Waals surface area contributed by atoms with Crippen LogP contribution < -0.4 is 4.31 Å². The number of halogens is 1. The Hall–Kier alpha value is -2.57. The largest absolute Gasteiger partial charge is 0.338 e. The highest BCUT2D eigenvalue weighted by Gasteiger charge is 2.42. The van der Waals surface area contributed by atoms with E-state index in [0.29, 0.717) is 40.5 Å². The highest BCUT2D eigenvalue weighted by Crippen LogP contribution is 2.44. The Labute approximate surface area is 175 Å². The van der Waals surface area contributed by atoms with Crippen molar-refractivity contribution in [2.75, 3.05) is 23.9 Å². The number of hydrogen-bond donors (Lipinski definition) is 0. The molecule has 2 heterocycles. The van der Waals surface area contributed by atoms with E-state index in [9.17, 15) is 13.2 Å². The average Bonchev–Trinajstić information content (AvgIpc) is 3.25. The Bertz CT molecular complexity index is 1100. The van der Waals surface area contributed by atoms with Crippen LogP contribution in [0.1, 0.15) is 24.0 Å². The first kappa shape index (κ1) is 19.7. The number of likely N-dealkylation sites (tertiary alicyclic amines) is 1. The molecular formula is C22H21ClN2O3S. The van der Waals surface area contributed by atoms with E-state index < -0.39 is 15.9 Å². The minimum absolute atomic E-state index is 0.0653. The molecule has 29 heavy (non-hydrogen) atoms. The SMILES string of the molecule is C=CCN1c2ccc(Cl)cc2C(c2ccccc2)=C(C(=O)N2CCCC2)S1(=O)=O. The minimum atomic E-state index is -4.08. The number of hydrogen-bond acceptors (Lipinski definition) is 3. The monoisotopic (exact) mass is 428 g/mol. The number of carbonyl (C=O) groups excluding carboxylic acids is 1. The van der Waals surface area contributed by atoms with E-state index in [0.717, 1.165) is 12.8 Å². The highest BCUT2D eigenvalue weighted by molar-refractivity contribution is 7.97. The van der Waals surface area contributed by atoms with E-state index in [4.69, 9.17) is 11.6 Å². The molecule has 2 aliphatic rings. The standard InChI is InChI=1S/C22H21ClN2O3S/c1-2-12-25-19-11-10-17(23)15-18(19)20(16-8-4-3-5-9-16)21(29(25,27)28)22(26)24-13-6-7-14-24/h2-5,8-11,15H,1,6-7,12-14H2. The molecule has 0 unspecified atom stereocenters. The van der Waals surface area contributed by atoms with Crippen molar-refractivity contribution in [3.63, 3.8) is 0 Å². The van der Waals surface area contributed by atoms with Crippen LogP contribution in [0.15, 0.2) is 66.1 Å². The highest BCUT2D eigenvalue weighted by atomic mass is 35.5. The molecule has 0 spiro atoms. The summed E-state index contributed by atoms with van der Waals surface area (Å²) in [6, 6.07) is 14.2. The molecule has 2 aliphatic heterocycles. The molecule has 1 amide bonds. The minimum Gasteiger partial charge on any atom is -0.338 e. The van der Waals surface area contributed by atoms with Gasteiger partial charge >= 0.3 is 0 Å². The summed E-state index contributed by atoms with van der Waals surface area (Å²) in [5.41, 5.74) is 2.19. The Kier molecular flexibility index (Phi) is 5.23. The van der Waals surface area contributed by atoms with E-state index in [1.165, 1.54) is 10.4 Å². The van der Waals surface area contributed by atoms with Crippen molar-refractivity contribution in [2.45, 2.75) is 12.8 Å². The number of rotatable bonds is 4. The van der Waals surface area contributed by atoms with Gasteiger partial charge in [-0.3, -0.25) is 9.10 Å². The average molecular weight is 429 g/mol. The number of sulfonamides is 1. The molecule has 0 bridgehead atoms. The number of carbonyl (C=O) groups is 1. The Morgan fingerprint density at radius 2 is 1.79 bits per heavy atom. The Morgan fingerprint density at radius 1 is 1.10 bits per heavy atom. The number of amides is 1. The van der Waals surface area contributed by atoms with Gasteiger partial charge in [-0.1, -0.05) is 48.0 Å². The van der Waals surface area contributed by atoms with Crippen molar-refractivity contribution >= 4 is 38.8 Å². The zero-order chi connectivity index (χ0) is 20.6. The molecule has 0 radical (unpaired) electrons. The van der Waals surface area contributed by atoms with Gasteiger partial charge in [0.25, 0.3) is 15.9 Å². The molecule has 150 valence electrons. The van der Waals surface area contributed by atoms with Gasteiger partial charge in [0, 0.05) is 29.2 Å². The third-order valence-corrected chi connectivity index (χ3v) is 7.27. The van der Waals surface area contributed by atoms with Crippen LogP contribution in [0, 0.1) is 0 Å². The first-order chi connectivity index (χ1) is 13.9. The van der Waals surface area contributed by atoms with Gasteiger partial charge in [0.2, 0.25) is 0 Å². The maximum absolute atomic E-state index is 13.7. The number of nitrogens with zero attached hydrogens (tertiary/aromatic N) is 2. The van der Waals surface area contributed by atoms with E-state index in [1.807, 2.05) is 30.3 Å². The molecule has 2 aromatic carbocycles. The fraction of sp³-hybridized carbons (Fsp3) is 0.227. The molecule has 0 atom stereocenters. The second-order valence-electron chi connectivity index (χ2n) is 7.06. The zero-order valence-electron chi connectivity index (χ0n) is 15.8. The molecule has 5 nitrogen and oxygen atoms in total. The molecule has 4 rings (SSSR count). The van der Waals surface area contributed by atoms with Crippen molar-refractivity contribution in [3.05, 3.63) is 82.2 Å². The van der Waals surface area contributed by atoms with Gasteiger partial charge in [-0.05, 0) is 36.6 Å². The van der Waals surface area contributed by atoms with Gasteiger partial charge in [-0.2, -0.15) is 0 Å². The third-order valence-electron chi connectivity index (χ3n) is 5.22. The van der Waals surface area contributed by atoms with Crippen LogP contribution in [0.25, 0.3) is 5.57 Å². The summed E-state index contributed by atoms with van der Waals surface area (Å²) in [7, 11) is -4.08. The molecule has 0 N–H and O–H groups in total. The number of benzene rings is 2. The maximum atomic E-state index is 13.7. The van der Waals surface area contributed by atoms with Gasteiger partial charge in [0.15, 0.2) is 4.91 Å². The molecule has 2 aromatic rings. The first-order valence-electron chi connectivity index (χ1n) is 9.47. The van der Waals surface area contributed by atoms with Crippen LogP contribution in [0.2, 0.25) is 5.02 Å². The van der Waals surface area contributed by atoms with Crippen molar-refractivity contribution in [1.82, 2.24) is 4.90 Å². The molecule has 1 fully saturated rings. The van der Waals surface area contributed by atoms with Crippen LogP contribution in [-0.2, 0) is 14.8 Å². The summed E-state index contributed by atoms with van der Waals surface area (Å²) in [4.78, 5) is 14.9. The van der Waals surface area contributed by atoms with Gasteiger partial charge < -0.3 is 4.90 Å². The van der Waals surface area contributed by atoms with Crippen LogP contribution in [-0.4, -0.2) is 38.9 Å². The summed E-state index contributed by atoms with van der Waals surface area (Å²) in [5, 5.41) is 0.475. The van der Waals surface area contributed by atoms with Crippen molar-refractivity contribution in [2.24, 2.45) is 0 Å². The summed E-state index contributed by atoms with van der Waals surface area (Å²) < 4.78 is 28.6. The molecule has 1 saturated heterocycles. The first-order valence-corrected chi connectivity index (χ1v) is 11.3. The third kappa shape index (κ3) is 3.36. The lowest BCUT2D eigenvalue weighted by atomic mass is 9.95. The smallest absolute Gasteiger partial charge is 0.270 e. The second kappa shape index (κ2) is 7.69. The van der Waals surface area contributed by atoms with Gasteiger partial charge in [0.1, 0.15) is 0 Å². The lowest BCUT2D eigenvalue weighted by molar-refractivity contribution is -0.125. The van der Waals surface area contributed by atoms with Gasteiger partial charge in [0.05, 0.1) is 12.2 Å². The summed E-state index contributed by atoms with van der Waals surface area (Å²) in [5.74, 6) is -0.457. The predicted molar refractivity (Wildman–Crippen MR) is 116 cm³/mol. The zero-order valence-corrected chi connectivity index (χ0v) is 17.4. The molecule has 0 aliphatic carbocycles. The number of fused-ring (bicyclic) bond motifs is 1. The van der Waals surface area contributed by atoms with Crippen LogP contribution in [0.3, 0.4) is 0 Å². The summed E-state index contributed by atoms with van der Waals surface area (Å²) in [6.07, 6.45) is 3.26. The van der Waals surface area contributed by atoms with Crippen LogP contribution >= 0.6 is 11.6 Å². The van der Waals surface area contributed by atoms with Crippen molar-refractivity contribution in [1.29, 1.82) is 0 Å². The number of anilines is 1. The topological polar surface area (TPSA) is 57.7 Å². The fourth-order valence-electron chi connectivity index (χ4n) is 3.90. The molecule has 7 heteroatoms. The van der Waals surface area contributed by atoms with E-state index in [1.54, 1.807) is 23.1 Å². The van der Waals surface area contributed by atoms with Gasteiger partial charge in [-0.15, -0.1) is 6.58 Å². The summed E-state index contributed by atoms with van der Waals surface area (Å²) >= 11 is 6.27. The second-order valence-corrected chi connectivity index (χ2v) is 9.29. The van der Waals surface area contributed by atoms with E-state index in [-0.39, 0.29) is 11.4 Å². The van der Waals surface area contributed by atoms with Crippen molar-refractivity contribution < 1.29 is 13.2 Å². The fourth-order valence-corrected chi connectivity index (χ4v) is 5.85. The van der Waals surface area contributed by atoms with Crippen molar-refractivity contribution in [3.8, 4) is 0 Å². The Balaban J connectivity index is 2.07.